The van der Waals surface area contributed by atoms with Gasteiger partial charge in [-0.05, 0) is 24.5 Å². The molecule has 14 N–H and O–H groups in total. The maximum Gasteiger partial charge on any atom is 0.334 e. The number of benzene rings is 1. The topological polar surface area (TPSA) is 356 Å². The second kappa shape index (κ2) is 20.5. The van der Waals surface area contributed by atoms with Gasteiger partial charge in [0, 0.05) is 42.0 Å². The van der Waals surface area contributed by atoms with Crippen LogP contribution in [0.15, 0.2) is 29.3 Å². The highest BCUT2D eigenvalue weighted by Crippen LogP contribution is 2.32. The second-order valence-electron chi connectivity index (χ2n) is 16.2. The largest absolute Gasteiger partial charge is 0.394 e. The van der Waals surface area contributed by atoms with Gasteiger partial charge in [-0.2, -0.15) is 0 Å². The Labute approximate surface area is 365 Å². The maximum atomic E-state index is 14.4. The van der Waals surface area contributed by atoms with E-state index < -0.39 is 139 Å². The number of H-pyrrole nitrogens is 1. The van der Waals surface area contributed by atoms with Crippen LogP contribution in [0.5, 0.6) is 0 Å². The molecule has 10 amide bonds. The molecule has 2 aromatic rings. The number of hydrogen-bond donors (Lipinski definition) is 13. The van der Waals surface area contributed by atoms with Gasteiger partial charge in [0.05, 0.1) is 36.8 Å². The molecule has 2 bridgehead atoms. The summed E-state index contributed by atoms with van der Waals surface area (Å²) in [6.07, 6.45) is -3.97. The maximum absolute atomic E-state index is 14.4. The van der Waals surface area contributed by atoms with E-state index in [-0.39, 0.29) is 18.6 Å². The molecule has 344 valence electrons. The van der Waals surface area contributed by atoms with Crippen LogP contribution in [0.1, 0.15) is 52.5 Å². The number of aromatic amines is 1. The van der Waals surface area contributed by atoms with Crippen LogP contribution in [0.3, 0.4) is 0 Å². The number of hydrazine groups is 1. The molecular formula is C39H55N11O12S. The van der Waals surface area contributed by atoms with E-state index in [1.54, 1.807) is 38.1 Å². The minimum atomic E-state index is -1.73. The third-order valence-electron chi connectivity index (χ3n) is 11.8. The minimum absolute atomic E-state index is 0.264. The molecule has 5 rings (SSSR count). The molecule has 3 aliphatic rings. The lowest BCUT2D eigenvalue weighted by atomic mass is 9.84. The minimum Gasteiger partial charge on any atom is -0.394 e. The molecule has 3 aliphatic heterocycles. The molecule has 0 radical (unpaired) electrons. The van der Waals surface area contributed by atoms with Gasteiger partial charge in [-0.3, -0.25) is 43.8 Å². The van der Waals surface area contributed by atoms with Gasteiger partial charge >= 0.3 is 6.03 Å². The number of para-hydroxylation sites is 1. The van der Waals surface area contributed by atoms with Gasteiger partial charge in [0.25, 0.3) is 5.91 Å². The molecule has 24 heteroatoms. The molecule has 0 unspecified atom stereocenters. The van der Waals surface area contributed by atoms with E-state index in [1.807, 2.05) is 0 Å². The summed E-state index contributed by atoms with van der Waals surface area (Å²) < 4.78 is 0. The fourth-order valence-electron chi connectivity index (χ4n) is 7.65. The number of hydrogen-bond acceptors (Lipinski definition) is 13. The summed E-state index contributed by atoms with van der Waals surface area (Å²) in [4.78, 5) is 128. The highest BCUT2D eigenvalue weighted by Gasteiger charge is 2.45. The zero-order valence-corrected chi connectivity index (χ0v) is 35.9. The number of nitrogens with one attached hydrogen (secondary N) is 9. The summed E-state index contributed by atoms with van der Waals surface area (Å²) in [6.45, 7) is 4.18. The van der Waals surface area contributed by atoms with Crippen molar-refractivity contribution in [3.63, 3.8) is 0 Å². The fraction of sp³-hybridized carbons (Fsp3) is 0.564. The average molecular weight is 902 g/mol. The van der Waals surface area contributed by atoms with Gasteiger partial charge in [0.2, 0.25) is 41.4 Å². The number of aliphatic hydroxyl groups is 3. The smallest absolute Gasteiger partial charge is 0.334 e. The molecule has 1 fully saturated rings. The zero-order chi connectivity index (χ0) is 46.3. The number of primary amides is 1. The van der Waals surface area contributed by atoms with Crippen LogP contribution in [-0.2, 0) is 44.8 Å². The summed E-state index contributed by atoms with van der Waals surface area (Å²) >= 11 is 1.01. The number of urea groups is 1. The molecule has 10 atom stereocenters. The van der Waals surface area contributed by atoms with E-state index in [9.17, 15) is 58.5 Å². The van der Waals surface area contributed by atoms with E-state index in [2.05, 4.69) is 47.7 Å². The van der Waals surface area contributed by atoms with Gasteiger partial charge in [0.15, 0.2) is 0 Å². The summed E-state index contributed by atoms with van der Waals surface area (Å²) in [6, 6.07) is -2.16. The molecule has 0 aliphatic carbocycles. The highest BCUT2D eigenvalue weighted by atomic mass is 32.2. The van der Waals surface area contributed by atoms with E-state index >= 15 is 0 Å². The van der Waals surface area contributed by atoms with E-state index in [0.717, 1.165) is 16.7 Å². The normalized spacial score (nSPS) is 28.7. The molecule has 1 saturated heterocycles. The van der Waals surface area contributed by atoms with E-state index in [1.165, 1.54) is 13.8 Å². The van der Waals surface area contributed by atoms with Gasteiger partial charge < -0.3 is 62.8 Å². The van der Waals surface area contributed by atoms with Crippen molar-refractivity contribution in [2.75, 3.05) is 25.4 Å². The van der Waals surface area contributed by atoms with Crippen LogP contribution in [0.25, 0.3) is 10.9 Å². The number of nitrogens with two attached hydrogens (primary N) is 1. The quantitative estimate of drug-likeness (QED) is 0.126. The van der Waals surface area contributed by atoms with Crippen LogP contribution < -0.4 is 48.5 Å². The third-order valence-corrected chi connectivity index (χ3v) is 12.9. The molecule has 63 heavy (non-hydrogen) atoms. The van der Waals surface area contributed by atoms with E-state index in [4.69, 9.17) is 5.73 Å². The first-order valence-corrected chi connectivity index (χ1v) is 21.4. The lowest BCUT2D eigenvalue weighted by Gasteiger charge is -2.35. The number of aliphatic hydroxyl groups excluding tert-OH is 3. The molecule has 4 heterocycles. The fourth-order valence-corrected chi connectivity index (χ4v) is 8.77. The van der Waals surface area contributed by atoms with Crippen molar-refractivity contribution < 1.29 is 58.5 Å². The Morgan fingerprint density at radius 2 is 1.67 bits per heavy atom. The van der Waals surface area contributed by atoms with Crippen molar-refractivity contribution in [2.45, 2.75) is 106 Å². The number of rotatable bonds is 7. The van der Waals surface area contributed by atoms with E-state index in [0.29, 0.717) is 27.9 Å². The van der Waals surface area contributed by atoms with Gasteiger partial charge in [-0.25, -0.2) is 10.2 Å². The van der Waals surface area contributed by atoms with Crippen molar-refractivity contribution >= 4 is 76.0 Å². The molecule has 1 aromatic carbocycles. The molecular weight excluding hydrogens is 847 g/mol. The lowest BCUT2D eigenvalue weighted by molar-refractivity contribution is -0.144. The molecule has 0 spiro atoms. The predicted molar refractivity (Wildman–Crippen MR) is 223 cm³/mol. The monoisotopic (exact) mass is 901 g/mol. The summed E-state index contributed by atoms with van der Waals surface area (Å²) in [5, 5.41) is 47.4. The van der Waals surface area contributed by atoms with Crippen molar-refractivity contribution in [3.05, 3.63) is 29.8 Å². The summed E-state index contributed by atoms with van der Waals surface area (Å²) in [7, 11) is 0. The zero-order valence-electron chi connectivity index (χ0n) is 35.1. The summed E-state index contributed by atoms with van der Waals surface area (Å²) in [5.41, 5.74) is 9.31. The van der Waals surface area contributed by atoms with Gasteiger partial charge in [-0.1, -0.05) is 45.4 Å². The van der Waals surface area contributed by atoms with Crippen molar-refractivity contribution in [1.82, 2.24) is 52.6 Å². The van der Waals surface area contributed by atoms with Crippen LogP contribution in [0.4, 0.5) is 4.79 Å². The molecule has 23 nitrogen and oxygen atoms in total. The Morgan fingerprint density at radius 3 is 2.35 bits per heavy atom. The number of amides is 10. The first-order chi connectivity index (χ1) is 29.8. The van der Waals surface area contributed by atoms with Gasteiger partial charge in [0.1, 0.15) is 35.7 Å². The third kappa shape index (κ3) is 11.2. The Balaban J connectivity index is 1.70. The van der Waals surface area contributed by atoms with Crippen LogP contribution in [0, 0.1) is 11.8 Å². The molecule has 0 saturated carbocycles. The van der Waals surface area contributed by atoms with Crippen molar-refractivity contribution in [3.8, 4) is 0 Å². The first kappa shape index (κ1) is 48.1. The number of carbonyl (C=O) groups is 9. The van der Waals surface area contributed by atoms with Crippen molar-refractivity contribution in [2.24, 2.45) is 17.6 Å². The number of carbonyl (C=O) groups excluding carboxylic acids is 9. The number of thioether (sulfide) groups is 1. The Morgan fingerprint density at radius 1 is 0.952 bits per heavy atom. The van der Waals surface area contributed by atoms with Gasteiger partial charge in [-0.15, -0.1) is 11.8 Å². The highest BCUT2D eigenvalue weighted by molar-refractivity contribution is 7.99. The van der Waals surface area contributed by atoms with Crippen LogP contribution in [-0.4, -0.2) is 152 Å². The predicted octanol–water partition coefficient (Wildman–Crippen LogP) is -4.15. The standard InChI is InChI=1S/C39H55N11O12S/c1-5-17(2)39(4)37(61)41-13-29(55)42-25-16-63-35-21(20-8-6-7-9-22(20)45-35)11-23(32(57)48-49-38(62)47-39)43-34(59)30(18(3)27(53)15-51)46-33(58)26-10-19(52)14-50(26)36(60)24(12-28(40)54)44-31(25)56/h6-9,17-19,23-27,30,45,51-53H,5,10-16H2,1-4H3,(H2,40,54)(H,41,61)(H,42,55)(H,43,59)(H,44,56)(H,46,58)(H,48,57)(H2,47,49,62)/t17-,18-,19+,23-,24-,25-,26-,27-,30-,39-/m0/s1. The average Bonchev–Trinajstić information content (AvgIpc) is 3.82. The first-order valence-electron chi connectivity index (χ1n) is 20.4. The second-order valence-corrected chi connectivity index (χ2v) is 17.2. The number of fused-ring (bicyclic) bond motifs is 5. The number of aromatic nitrogens is 1. The molecule has 1 aromatic heterocycles. The van der Waals surface area contributed by atoms with Crippen molar-refractivity contribution in [1.29, 1.82) is 0 Å². The SMILES string of the molecule is CC[C@H](C)[C@]1(C)NC(=O)NNC(=O)[C@@H]2Cc3c([nH]c4ccccc34)SC[C@H](NC(=O)CNC1=O)C(=O)N[C@@H](CC(N)=O)C(=O)N1C[C@H](O)C[C@H]1C(=O)N[C@@H]([C@@H](C)[C@@H](O)CO)C(=O)N2. The number of nitrogens with zero attached hydrogens (tertiary/aromatic N) is 1. The Kier molecular flexibility index (Phi) is 15.6. The van der Waals surface area contributed by atoms with Crippen LogP contribution in [0.2, 0.25) is 0 Å². The Bertz CT molecular complexity index is 2120. The van der Waals surface area contributed by atoms with Crippen LogP contribution >= 0.6 is 11.8 Å². The summed E-state index contributed by atoms with van der Waals surface area (Å²) in [5.74, 6) is -9.77. The Hall–Kier alpha value is -5.98. The lowest BCUT2D eigenvalue weighted by Crippen LogP contribution is -2.65.